The topological polar surface area (TPSA) is 126 Å². The minimum atomic E-state index is -5.01. The zero-order valence-electron chi connectivity index (χ0n) is 28.5. The summed E-state index contributed by atoms with van der Waals surface area (Å²) < 4.78 is 99.0. The van der Waals surface area contributed by atoms with Gasteiger partial charge in [-0.3, -0.25) is 9.69 Å². The van der Waals surface area contributed by atoms with Gasteiger partial charge in [-0.15, -0.1) is 0 Å². The summed E-state index contributed by atoms with van der Waals surface area (Å²) in [4.78, 5) is 37.0. The summed E-state index contributed by atoms with van der Waals surface area (Å²) in [6, 6.07) is 5.40. The maximum atomic E-state index is 13.8. The average molecular weight is 740 g/mol. The monoisotopic (exact) mass is 739 g/mol. The molecule has 2 aromatic heterocycles. The van der Waals surface area contributed by atoms with Crippen LogP contribution in [0.15, 0.2) is 42.6 Å². The van der Waals surface area contributed by atoms with Crippen LogP contribution in [0.4, 0.5) is 48.3 Å². The summed E-state index contributed by atoms with van der Waals surface area (Å²) in [5.74, 6) is -0.495. The van der Waals surface area contributed by atoms with Gasteiger partial charge in [0.2, 0.25) is 5.88 Å². The zero-order valence-corrected chi connectivity index (χ0v) is 28.5. The molecule has 3 aromatic rings. The number of methoxy groups -OCH3 is 1. The zero-order chi connectivity index (χ0) is 37.6. The van der Waals surface area contributed by atoms with Crippen LogP contribution in [0.3, 0.4) is 0 Å². The van der Waals surface area contributed by atoms with E-state index < -0.39 is 47.6 Å². The summed E-state index contributed by atoms with van der Waals surface area (Å²) >= 11 is 0. The number of amides is 1. The molecule has 0 saturated carbocycles. The largest absolute Gasteiger partial charge is 0.481 e. The van der Waals surface area contributed by atoms with Crippen LogP contribution in [0.2, 0.25) is 0 Å². The number of alkyl halides is 6. The second-order valence-corrected chi connectivity index (χ2v) is 12.5. The lowest BCUT2D eigenvalue weighted by Gasteiger charge is -2.39. The van der Waals surface area contributed by atoms with Crippen LogP contribution in [-0.4, -0.2) is 73.2 Å². The summed E-state index contributed by atoms with van der Waals surface area (Å²) in [5, 5.41) is 12.2. The number of morpholine rings is 1. The molecule has 0 aliphatic carbocycles. The van der Waals surface area contributed by atoms with E-state index in [0.717, 1.165) is 0 Å². The number of carbonyl (C=O) groups is 2. The number of aromatic nitrogens is 2. The van der Waals surface area contributed by atoms with Gasteiger partial charge < -0.3 is 29.5 Å². The van der Waals surface area contributed by atoms with Crippen LogP contribution in [0, 0.1) is 0 Å². The third-order valence-electron chi connectivity index (χ3n) is 8.91. The lowest BCUT2D eigenvalue weighted by atomic mass is 9.93. The number of rotatable bonds is 12. The van der Waals surface area contributed by atoms with Gasteiger partial charge in [0.15, 0.2) is 0 Å². The van der Waals surface area contributed by atoms with Gasteiger partial charge in [-0.05, 0) is 61.6 Å². The molecule has 0 bridgehead atoms. The SMILES string of the molecule is CC[C@@H]1C[C@H](Nc2ncc(N3CCOCC3)cc2Cc2cc(C(F)(F)F)cc(C(F)(F)F)c2)c2nc(OC)ccc2N1C(=O)OCCCCC(=O)O. The molecule has 2 aliphatic rings. The summed E-state index contributed by atoms with van der Waals surface area (Å²) in [5.41, 5.74) is -1.28. The van der Waals surface area contributed by atoms with E-state index in [-0.39, 0.29) is 49.2 Å². The Morgan fingerprint density at radius 2 is 1.71 bits per heavy atom. The smallest absolute Gasteiger partial charge is 0.416 e. The van der Waals surface area contributed by atoms with Crippen LogP contribution < -0.4 is 19.9 Å². The van der Waals surface area contributed by atoms with Crippen molar-refractivity contribution in [3.05, 3.63) is 70.5 Å². The second kappa shape index (κ2) is 16.3. The van der Waals surface area contributed by atoms with E-state index in [9.17, 15) is 35.9 Å². The first-order valence-electron chi connectivity index (χ1n) is 16.8. The highest BCUT2D eigenvalue weighted by molar-refractivity contribution is 5.90. The fourth-order valence-electron chi connectivity index (χ4n) is 6.30. The first-order valence-corrected chi connectivity index (χ1v) is 16.8. The molecule has 0 unspecified atom stereocenters. The number of hydrogen-bond donors (Lipinski definition) is 2. The molecule has 1 fully saturated rings. The van der Waals surface area contributed by atoms with Gasteiger partial charge >= 0.3 is 24.4 Å². The van der Waals surface area contributed by atoms with Gasteiger partial charge in [-0.25, -0.2) is 14.8 Å². The first-order chi connectivity index (χ1) is 24.7. The van der Waals surface area contributed by atoms with E-state index in [2.05, 4.69) is 15.3 Å². The molecule has 2 atom stereocenters. The van der Waals surface area contributed by atoms with Crippen molar-refractivity contribution < 1.29 is 55.2 Å². The van der Waals surface area contributed by atoms with Crippen molar-refractivity contribution >= 4 is 29.3 Å². The Labute approximate surface area is 295 Å². The van der Waals surface area contributed by atoms with E-state index in [4.69, 9.17) is 19.3 Å². The van der Waals surface area contributed by atoms with E-state index >= 15 is 0 Å². The number of carbonyl (C=O) groups excluding carboxylic acids is 1. The van der Waals surface area contributed by atoms with Crippen LogP contribution >= 0.6 is 0 Å². The third-order valence-corrected chi connectivity index (χ3v) is 8.91. The lowest BCUT2D eigenvalue weighted by molar-refractivity contribution is -0.143. The van der Waals surface area contributed by atoms with Gasteiger partial charge in [0.05, 0.1) is 67.4 Å². The van der Waals surface area contributed by atoms with Gasteiger partial charge in [0.1, 0.15) is 5.82 Å². The molecule has 11 nitrogen and oxygen atoms in total. The number of unbranched alkanes of at least 4 members (excludes halogenated alkanes) is 1. The Balaban J connectivity index is 1.51. The number of pyridine rings is 2. The van der Waals surface area contributed by atoms with Crippen molar-refractivity contribution in [2.75, 3.05) is 55.1 Å². The average Bonchev–Trinajstić information content (AvgIpc) is 3.11. The summed E-state index contributed by atoms with van der Waals surface area (Å²) in [6.07, 6.45) is -8.01. The van der Waals surface area contributed by atoms with E-state index in [1.807, 2.05) is 11.8 Å². The molecule has 4 heterocycles. The predicted molar refractivity (Wildman–Crippen MR) is 178 cm³/mol. The second-order valence-electron chi connectivity index (χ2n) is 12.5. The first kappa shape index (κ1) is 38.4. The highest BCUT2D eigenvalue weighted by atomic mass is 19.4. The van der Waals surface area contributed by atoms with Crippen molar-refractivity contribution in [1.29, 1.82) is 0 Å². The highest BCUT2D eigenvalue weighted by Gasteiger charge is 2.39. The number of carboxylic acids is 1. The van der Waals surface area contributed by atoms with Crippen molar-refractivity contribution in [1.82, 2.24) is 9.97 Å². The Bertz CT molecular complexity index is 1700. The van der Waals surface area contributed by atoms with Crippen molar-refractivity contribution in [3.63, 3.8) is 0 Å². The maximum absolute atomic E-state index is 13.8. The third kappa shape index (κ3) is 9.35. The molecule has 1 amide bonds. The Morgan fingerprint density at radius 3 is 2.33 bits per heavy atom. The quantitative estimate of drug-likeness (QED) is 0.143. The molecule has 282 valence electrons. The number of benzene rings is 1. The molecule has 5 rings (SSSR count). The van der Waals surface area contributed by atoms with Crippen molar-refractivity contribution in [2.45, 2.75) is 69.9 Å². The number of hydrogen-bond acceptors (Lipinski definition) is 9. The normalized spacial score (nSPS) is 17.8. The molecular weight excluding hydrogens is 700 g/mol. The molecule has 1 saturated heterocycles. The Morgan fingerprint density at radius 1 is 1.02 bits per heavy atom. The lowest BCUT2D eigenvalue weighted by Crippen LogP contribution is -2.46. The predicted octanol–water partition coefficient (Wildman–Crippen LogP) is 7.48. The van der Waals surface area contributed by atoms with E-state index in [1.165, 1.54) is 12.0 Å². The number of fused-ring (bicyclic) bond motifs is 1. The number of halogens is 6. The van der Waals surface area contributed by atoms with Gasteiger partial charge in [-0.1, -0.05) is 6.92 Å². The Kier molecular flexibility index (Phi) is 12.0. The van der Waals surface area contributed by atoms with E-state index in [1.54, 1.807) is 24.4 Å². The van der Waals surface area contributed by atoms with Crippen LogP contribution in [0.25, 0.3) is 0 Å². The molecular formula is C35H39F6N5O6. The molecule has 0 radical (unpaired) electrons. The number of ether oxygens (including phenoxy) is 3. The van der Waals surface area contributed by atoms with E-state index in [0.29, 0.717) is 80.3 Å². The van der Waals surface area contributed by atoms with Gasteiger partial charge in [0.25, 0.3) is 0 Å². The molecule has 2 aliphatic heterocycles. The molecule has 17 heteroatoms. The number of anilines is 3. The van der Waals surface area contributed by atoms with Crippen LogP contribution in [-0.2, 0) is 33.0 Å². The Hall–Kier alpha value is -4.80. The molecule has 1 aromatic carbocycles. The minimum Gasteiger partial charge on any atom is -0.481 e. The van der Waals surface area contributed by atoms with Gasteiger partial charge in [-0.2, -0.15) is 26.3 Å². The van der Waals surface area contributed by atoms with Crippen molar-refractivity contribution in [3.8, 4) is 5.88 Å². The molecule has 0 spiro atoms. The minimum absolute atomic E-state index is 0.00794. The fraction of sp³-hybridized carbons (Fsp3) is 0.486. The number of nitrogens with zero attached hydrogens (tertiary/aromatic N) is 4. The molecule has 2 N–H and O–H groups in total. The standard InChI is InChI=1S/C35H39F6N5O6/c1-3-25-19-27(31-28(7-8-29(44-31)50-2)46(25)33(49)52-11-5-4-6-30(47)48)43-32-22(17-26(20-42-32)45-9-12-51-13-10-45)14-21-15-23(34(36,37)38)18-24(16-21)35(39,40)41/h7-8,15-18,20,25,27H,3-6,9-14,19H2,1-2H3,(H,42,43)(H,47,48)/t25-,27+/m1/s1. The summed E-state index contributed by atoms with van der Waals surface area (Å²) in [6.45, 7) is 3.78. The summed E-state index contributed by atoms with van der Waals surface area (Å²) in [7, 11) is 1.42. The van der Waals surface area contributed by atoms with Crippen molar-refractivity contribution in [2.24, 2.45) is 0 Å². The fourth-order valence-corrected chi connectivity index (χ4v) is 6.30. The van der Waals surface area contributed by atoms with Gasteiger partial charge in [0, 0.05) is 43.6 Å². The highest BCUT2D eigenvalue weighted by Crippen LogP contribution is 2.42. The molecule has 52 heavy (non-hydrogen) atoms. The van der Waals surface area contributed by atoms with Crippen LogP contribution in [0.1, 0.15) is 73.0 Å². The number of aliphatic carboxylic acids is 1. The number of nitrogens with one attached hydrogen (secondary N) is 1. The maximum Gasteiger partial charge on any atom is 0.416 e. The number of carboxylic acid groups (broad SMARTS) is 1. The van der Waals surface area contributed by atoms with Crippen LogP contribution in [0.5, 0.6) is 5.88 Å².